The highest BCUT2D eigenvalue weighted by Gasteiger charge is 2.24. The first-order chi connectivity index (χ1) is 7.21. The fourth-order valence-corrected chi connectivity index (χ4v) is 1.58. The fourth-order valence-electron chi connectivity index (χ4n) is 1.58. The van der Waals surface area contributed by atoms with Crippen molar-refractivity contribution in [2.75, 3.05) is 20.2 Å². The van der Waals surface area contributed by atoms with Gasteiger partial charge in [-0.2, -0.15) is 0 Å². The summed E-state index contributed by atoms with van der Waals surface area (Å²) >= 11 is 0. The Bertz CT molecular complexity index is 174. The first kappa shape index (κ1) is 14.4. The average molecular weight is 216 g/mol. The van der Waals surface area contributed by atoms with Crippen LogP contribution in [-0.2, 0) is 9.53 Å². The number of rotatable bonds is 8. The zero-order chi connectivity index (χ0) is 11.7. The van der Waals surface area contributed by atoms with Crippen molar-refractivity contribution in [1.82, 2.24) is 10.4 Å². The van der Waals surface area contributed by atoms with E-state index in [9.17, 15) is 4.79 Å². The van der Waals surface area contributed by atoms with E-state index in [4.69, 9.17) is 4.74 Å². The molecule has 0 aliphatic carbocycles. The molecule has 15 heavy (non-hydrogen) atoms. The van der Waals surface area contributed by atoms with E-state index in [0.29, 0.717) is 6.61 Å². The van der Waals surface area contributed by atoms with Crippen molar-refractivity contribution in [2.45, 2.75) is 46.1 Å². The Hall–Kier alpha value is -0.610. The van der Waals surface area contributed by atoms with Crippen LogP contribution in [0.15, 0.2) is 0 Å². The highest BCUT2D eigenvalue weighted by Crippen LogP contribution is 2.07. The van der Waals surface area contributed by atoms with Gasteiger partial charge in [-0.15, -0.1) is 0 Å². The Balaban J connectivity index is 4.38. The number of hydrogen-bond acceptors (Lipinski definition) is 4. The number of nitrogens with zero attached hydrogens (tertiary/aromatic N) is 1. The van der Waals surface area contributed by atoms with Crippen molar-refractivity contribution in [3.8, 4) is 0 Å². The molecule has 0 saturated heterocycles. The lowest BCUT2D eigenvalue weighted by atomic mass is 10.1. The van der Waals surface area contributed by atoms with E-state index in [-0.39, 0.29) is 12.0 Å². The first-order valence-corrected chi connectivity index (χ1v) is 5.81. The van der Waals surface area contributed by atoms with Crippen LogP contribution < -0.4 is 5.43 Å². The molecule has 90 valence electrons. The van der Waals surface area contributed by atoms with E-state index in [1.807, 2.05) is 19.0 Å². The molecule has 0 aliphatic heterocycles. The molecular formula is C11H24N2O2. The number of carbonyl (C=O) groups excluding carboxylic acids is 1. The normalized spacial score (nSPS) is 12.9. The zero-order valence-corrected chi connectivity index (χ0v) is 10.4. The molecule has 0 rings (SSSR count). The predicted octanol–water partition coefficient (Wildman–Crippen LogP) is 1.56. The molecule has 0 fully saturated rings. The summed E-state index contributed by atoms with van der Waals surface area (Å²) in [5.41, 5.74) is 3.06. The van der Waals surface area contributed by atoms with Gasteiger partial charge in [-0.1, -0.05) is 20.3 Å². The Morgan fingerprint density at radius 1 is 1.33 bits per heavy atom. The van der Waals surface area contributed by atoms with Crippen LogP contribution in [0.4, 0.5) is 0 Å². The van der Waals surface area contributed by atoms with Gasteiger partial charge in [-0.3, -0.25) is 10.2 Å². The molecule has 0 spiro atoms. The van der Waals surface area contributed by atoms with Crippen LogP contribution in [0.3, 0.4) is 0 Å². The molecule has 0 aromatic carbocycles. The molecule has 1 N–H and O–H groups in total. The van der Waals surface area contributed by atoms with E-state index >= 15 is 0 Å². The van der Waals surface area contributed by atoms with Gasteiger partial charge in [0.15, 0.2) is 0 Å². The largest absolute Gasteiger partial charge is 0.465 e. The topological polar surface area (TPSA) is 41.6 Å². The van der Waals surface area contributed by atoms with E-state index in [2.05, 4.69) is 19.3 Å². The van der Waals surface area contributed by atoms with Crippen LogP contribution in [0.2, 0.25) is 0 Å². The number of nitrogens with one attached hydrogen (secondary N) is 1. The summed E-state index contributed by atoms with van der Waals surface area (Å²) in [7, 11) is 1.84. The first-order valence-electron chi connectivity index (χ1n) is 5.81. The van der Waals surface area contributed by atoms with Gasteiger partial charge in [-0.05, 0) is 26.8 Å². The van der Waals surface area contributed by atoms with Crippen LogP contribution in [-0.4, -0.2) is 37.2 Å². The van der Waals surface area contributed by atoms with Crippen LogP contribution in [0, 0.1) is 0 Å². The molecule has 0 aromatic heterocycles. The van der Waals surface area contributed by atoms with Crippen molar-refractivity contribution < 1.29 is 9.53 Å². The second-order valence-corrected chi connectivity index (χ2v) is 3.47. The summed E-state index contributed by atoms with van der Waals surface area (Å²) < 4.78 is 5.07. The van der Waals surface area contributed by atoms with Gasteiger partial charge in [0.2, 0.25) is 0 Å². The standard InChI is InChI=1S/C11H24N2O2/c1-5-8-10(11(14)15-7-3)13(12-4)9-6-2/h10,12H,5-9H2,1-4H3. The number of esters is 1. The second kappa shape index (κ2) is 8.68. The molecule has 1 atom stereocenters. The van der Waals surface area contributed by atoms with Gasteiger partial charge in [-0.25, -0.2) is 5.01 Å². The van der Waals surface area contributed by atoms with Gasteiger partial charge >= 0.3 is 5.97 Å². The monoisotopic (exact) mass is 216 g/mol. The maximum Gasteiger partial charge on any atom is 0.324 e. The van der Waals surface area contributed by atoms with Crippen LogP contribution in [0.25, 0.3) is 0 Å². The van der Waals surface area contributed by atoms with Crippen LogP contribution in [0.5, 0.6) is 0 Å². The van der Waals surface area contributed by atoms with Gasteiger partial charge in [0.1, 0.15) is 6.04 Å². The molecule has 1 unspecified atom stereocenters. The summed E-state index contributed by atoms with van der Waals surface area (Å²) in [6.45, 7) is 7.32. The van der Waals surface area contributed by atoms with Gasteiger partial charge in [0, 0.05) is 6.54 Å². The van der Waals surface area contributed by atoms with Gasteiger partial charge in [0.25, 0.3) is 0 Å². The zero-order valence-electron chi connectivity index (χ0n) is 10.4. The molecule has 0 saturated carbocycles. The molecule has 0 aromatic rings. The van der Waals surface area contributed by atoms with Gasteiger partial charge in [0.05, 0.1) is 6.61 Å². The van der Waals surface area contributed by atoms with Gasteiger partial charge < -0.3 is 4.74 Å². The van der Waals surface area contributed by atoms with Crippen molar-refractivity contribution in [2.24, 2.45) is 0 Å². The molecule has 4 heteroatoms. The highest BCUT2D eigenvalue weighted by molar-refractivity contribution is 5.75. The van der Waals surface area contributed by atoms with Crippen LogP contribution >= 0.6 is 0 Å². The van der Waals surface area contributed by atoms with Crippen molar-refractivity contribution in [3.05, 3.63) is 0 Å². The van der Waals surface area contributed by atoms with Crippen molar-refractivity contribution in [3.63, 3.8) is 0 Å². The van der Waals surface area contributed by atoms with E-state index in [1.165, 1.54) is 0 Å². The smallest absolute Gasteiger partial charge is 0.324 e. The minimum absolute atomic E-state index is 0.123. The molecule has 4 nitrogen and oxygen atoms in total. The quantitative estimate of drug-likeness (QED) is 0.494. The third kappa shape index (κ3) is 5.14. The second-order valence-electron chi connectivity index (χ2n) is 3.47. The minimum atomic E-state index is -0.153. The number of hydrogen-bond donors (Lipinski definition) is 1. The third-order valence-corrected chi connectivity index (χ3v) is 2.25. The lowest BCUT2D eigenvalue weighted by Crippen LogP contribution is -2.48. The lowest BCUT2D eigenvalue weighted by Gasteiger charge is -2.28. The Morgan fingerprint density at radius 3 is 2.40 bits per heavy atom. The molecule has 0 heterocycles. The highest BCUT2D eigenvalue weighted by atomic mass is 16.5. The Morgan fingerprint density at radius 2 is 2.00 bits per heavy atom. The molecule has 0 bridgehead atoms. The van der Waals surface area contributed by atoms with E-state index in [1.54, 1.807) is 0 Å². The number of hydrazine groups is 1. The number of carbonyl (C=O) groups is 1. The lowest BCUT2D eigenvalue weighted by molar-refractivity contribution is -0.151. The fraction of sp³-hybridized carbons (Fsp3) is 0.909. The number of ether oxygens (including phenoxy) is 1. The minimum Gasteiger partial charge on any atom is -0.465 e. The molecule has 0 amide bonds. The summed E-state index contributed by atoms with van der Waals surface area (Å²) in [6, 6.07) is -0.153. The molecular weight excluding hydrogens is 192 g/mol. The maximum atomic E-state index is 11.7. The Labute approximate surface area is 92.9 Å². The van der Waals surface area contributed by atoms with Crippen molar-refractivity contribution >= 4 is 5.97 Å². The summed E-state index contributed by atoms with van der Waals surface area (Å²) in [5, 5.41) is 1.96. The SMILES string of the molecule is CCCC(C(=O)OCC)N(CCC)NC. The summed E-state index contributed by atoms with van der Waals surface area (Å²) in [5.74, 6) is -0.123. The molecule has 0 radical (unpaired) electrons. The third-order valence-electron chi connectivity index (χ3n) is 2.25. The maximum absolute atomic E-state index is 11.7. The average Bonchev–Trinajstić information content (AvgIpc) is 2.23. The summed E-state index contributed by atoms with van der Waals surface area (Å²) in [4.78, 5) is 11.7. The molecule has 0 aliphatic rings. The van der Waals surface area contributed by atoms with E-state index in [0.717, 1.165) is 25.8 Å². The summed E-state index contributed by atoms with van der Waals surface area (Å²) in [6.07, 6.45) is 2.82. The van der Waals surface area contributed by atoms with Crippen molar-refractivity contribution in [1.29, 1.82) is 0 Å². The Kier molecular flexibility index (Phi) is 8.33. The van der Waals surface area contributed by atoms with E-state index < -0.39 is 0 Å². The van der Waals surface area contributed by atoms with Crippen LogP contribution in [0.1, 0.15) is 40.0 Å². The predicted molar refractivity (Wildman–Crippen MR) is 61.4 cm³/mol.